The van der Waals surface area contributed by atoms with Crippen molar-refractivity contribution in [3.8, 4) is 10.6 Å². The standard InChI is InChI=1S/C15H15NS/c1-9-7-10(2)15-12(11(9)3)8-13(16-15)14-5-4-6-17-14/h4-8,16H,1-3H3. The number of aromatic amines is 1. The Labute approximate surface area is 105 Å². The van der Waals surface area contributed by atoms with Crippen LogP contribution in [0.1, 0.15) is 16.7 Å². The minimum absolute atomic E-state index is 1.23. The Morgan fingerprint density at radius 2 is 1.88 bits per heavy atom. The third-order valence-electron chi connectivity index (χ3n) is 3.43. The number of aromatic nitrogens is 1. The molecule has 0 spiro atoms. The van der Waals surface area contributed by atoms with E-state index in [0.717, 1.165) is 0 Å². The molecule has 0 bridgehead atoms. The fourth-order valence-electron chi connectivity index (χ4n) is 2.34. The van der Waals surface area contributed by atoms with Gasteiger partial charge in [0.2, 0.25) is 0 Å². The van der Waals surface area contributed by atoms with Crippen molar-refractivity contribution >= 4 is 22.2 Å². The van der Waals surface area contributed by atoms with Crippen molar-refractivity contribution in [1.82, 2.24) is 4.98 Å². The highest BCUT2D eigenvalue weighted by Crippen LogP contribution is 2.31. The predicted molar refractivity (Wildman–Crippen MR) is 75.8 cm³/mol. The molecule has 0 unspecified atom stereocenters. The van der Waals surface area contributed by atoms with Crippen molar-refractivity contribution in [2.45, 2.75) is 20.8 Å². The molecular formula is C15H15NS. The molecule has 1 nitrogen and oxygen atoms in total. The summed E-state index contributed by atoms with van der Waals surface area (Å²) in [5, 5.41) is 3.47. The molecule has 0 fully saturated rings. The van der Waals surface area contributed by atoms with Gasteiger partial charge in [-0.1, -0.05) is 12.1 Å². The summed E-state index contributed by atoms with van der Waals surface area (Å²) in [4.78, 5) is 4.85. The van der Waals surface area contributed by atoms with E-state index in [-0.39, 0.29) is 0 Å². The van der Waals surface area contributed by atoms with Gasteiger partial charge >= 0.3 is 0 Å². The van der Waals surface area contributed by atoms with E-state index in [9.17, 15) is 0 Å². The van der Waals surface area contributed by atoms with Crippen LogP contribution in [0.2, 0.25) is 0 Å². The van der Waals surface area contributed by atoms with Crippen molar-refractivity contribution in [3.05, 3.63) is 46.3 Å². The highest BCUT2D eigenvalue weighted by molar-refractivity contribution is 7.13. The summed E-state index contributed by atoms with van der Waals surface area (Å²) >= 11 is 1.78. The lowest BCUT2D eigenvalue weighted by atomic mass is 10.0. The van der Waals surface area contributed by atoms with Gasteiger partial charge in [-0.25, -0.2) is 0 Å². The van der Waals surface area contributed by atoms with Crippen LogP contribution in [0, 0.1) is 20.8 Å². The molecule has 86 valence electrons. The van der Waals surface area contributed by atoms with E-state index in [1.165, 1.54) is 38.2 Å². The maximum absolute atomic E-state index is 3.54. The minimum Gasteiger partial charge on any atom is -0.354 e. The Morgan fingerprint density at radius 1 is 1.06 bits per heavy atom. The first-order chi connectivity index (χ1) is 8.16. The molecule has 3 rings (SSSR count). The van der Waals surface area contributed by atoms with Crippen molar-refractivity contribution in [2.75, 3.05) is 0 Å². The van der Waals surface area contributed by atoms with Crippen molar-refractivity contribution < 1.29 is 0 Å². The van der Waals surface area contributed by atoms with Crippen LogP contribution in [0.15, 0.2) is 29.6 Å². The van der Waals surface area contributed by atoms with E-state index in [4.69, 9.17) is 0 Å². The molecule has 0 aliphatic rings. The number of fused-ring (bicyclic) bond motifs is 1. The summed E-state index contributed by atoms with van der Waals surface area (Å²) in [5.41, 5.74) is 6.57. The number of aryl methyl sites for hydroxylation is 3. The molecule has 2 heterocycles. The molecular weight excluding hydrogens is 226 g/mol. The molecule has 3 aromatic rings. The lowest BCUT2D eigenvalue weighted by molar-refractivity contribution is 1.33. The van der Waals surface area contributed by atoms with Crippen LogP contribution < -0.4 is 0 Å². The Kier molecular flexibility index (Phi) is 2.33. The van der Waals surface area contributed by atoms with E-state index in [1.54, 1.807) is 11.3 Å². The van der Waals surface area contributed by atoms with Gasteiger partial charge < -0.3 is 4.98 Å². The van der Waals surface area contributed by atoms with Gasteiger partial charge in [-0.2, -0.15) is 0 Å². The normalized spacial score (nSPS) is 11.2. The summed E-state index contributed by atoms with van der Waals surface area (Å²) < 4.78 is 0. The Morgan fingerprint density at radius 3 is 2.59 bits per heavy atom. The monoisotopic (exact) mass is 241 g/mol. The van der Waals surface area contributed by atoms with Gasteiger partial charge in [0.05, 0.1) is 10.6 Å². The topological polar surface area (TPSA) is 15.8 Å². The first-order valence-electron chi connectivity index (χ1n) is 5.80. The molecule has 17 heavy (non-hydrogen) atoms. The van der Waals surface area contributed by atoms with Gasteiger partial charge in [0.25, 0.3) is 0 Å². The Hall–Kier alpha value is -1.54. The largest absolute Gasteiger partial charge is 0.354 e. The van der Waals surface area contributed by atoms with Gasteiger partial charge in [0, 0.05) is 10.9 Å². The molecule has 0 amide bonds. The quantitative estimate of drug-likeness (QED) is 0.628. The van der Waals surface area contributed by atoms with Gasteiger partial charge in [-0.15, -0.1) is 11.3 Å². The number of hydrogen-bond donors (Lipinski definition) is 1. The van der Waals surface area contributed by atoms with Crippen LogP contribution in [-0.4, -0.2) is 4.98 Å². The summed E-state index contributed by atoms with van der Waals surface area (Å²) in [6.45, 7) is 6.55. The number of benzene rings is 1. The molecule has 0 aliphatic carbocycles. The molecule has 2 heteroatoms. The fourth-order valence-corrected chi connectivity index (χ4v) is 3.04. The molecule has 0 aliphatic heterocycles. The zero-order valence-electron chi connectivity index (χ0n) is 10.3. The van der Waals surface area contributed by atoms with E-state index >= 15 is 0 Å². The third-order valence-corrected chi connectivity index (χ3v) is 4.33. The second-order valence-electron chi connectivity index (χ2n) is 4.58. The van der Waals surface area contributed by atoms with Gasteiger partial charge in [-0.3, -0.25) is 0 Å². The highest BCUT2D eigenvalue weighted by Gasteiger charge is 2.09. The van der Waals surface area contributed by atoms with E-state index in [1.807, 2.05) is 0 Å². The number of rotatable bonds is 1. The molecule has 0 saturated carbocycles. The summed E-state index contributed by atoms with van der Waals surface area (Å²) in [6, 6.07) is 8.78. The van der Waals surface area contributed by atoms with Crippen LogP contribution in [0.3, 0.4) is 0 Å². The maximum Gasteiger partial charge on any atom is 0.0566 e. The highest BCUT2D eigenvalue weighted by atomic mass is 32.1. The number of nitrogens with one attached hydrogen (secondary N) is 1. The van der Waals surface area contributed by atoms with Crippen LogP contribution in [0.4, 0.5) is 0 Å². The maximum atomic E-state index is 3.54. The summed E-state index contributed by atoms with van der Waals surface area (Å²) in [7, 11) is 0. The average Bonchev–Trinajstić information content (AvgIpc) is 2.94. The minimum atomic E-state index is 1.23. The molecule has 0 atom stereocenters. The van der Waals surface area contributed by atoms with Crippen molar-refractivity contribution in [2.24, 2.45) is 0 Å². The smallest absolute Gasteiger partial charge is 0.0566 e. The molecule has 0 radical (unpaired) electrons. The second kappa shape index (κ2) is 3.74. The molecule has 2 aromatic heterocycles. The Balaban J connectivity index is 2.33. The molecule has 0 saturated heterocycles. The van der Waals surface area contributed by atoms with Gasteiger partial charge in [0.15, 0.2) is 0 Å². The summed E-state index contributed by atoms with van der Waals surface area (Å²) in [6.07, 6.45) is 0. The van der Waals surface area contributed by atoms with Gasteiger partial charge in [0.1, 0.15) is 0 Å². The fraction of sp³-hybridized carbons (Fsp3) is 0.200. The first-order valence-corrected chi connectivity index (χ1v) is 6.68. The summed E-state index contributed by atoms with van der Waals surface area (Å²) in [5.74, 6) is 0. The zero-order chi connectivity index (χ0) is 12.0. The average molecular weight is 241 g/mol. The van der Waals surface area contributed by atoms with Crippen molar-refractivity contribution in [1.29, 1.82) is 0 Å². The first kappa shape index (κ1) is 10.6. The van der Waals surface area contributed by atoms with Crippen molar-refractivity contribution in [3.63, 3.8) is 0 Å². The van der Waals surface area contributed by atoms with Crippen LogP contribution in [-0.2, 0) is 0 Å². The number of hydrogen-bond acceptors (Lipinski definition) is 1. The van der Waals surface area contributed by atoms with Gasteiger partial charge in [-0.05, 0) is 55.0 Å². The number of H-pyrrole nitrogens is 1. The number of thiophene rings is 1. The molecule has 1 N–H and O–H groups in total. The zero-order valence-corrected chi connectivity index (χ0v) is 11.1. The van der Waals surface area contributed by atoms with Crippen LogP contribution in [0.25, 0.3) is 21.5 Å². The van der Waals surface area contributed by atoms with Crippen LogP contribution in [0.5, 0.6) is 0 Å². The van der Waals surface area contributed by atoms with E-state index in [0.29, 0.717) is 0 Å². The lowest BCUT2D eigenvalue weighted by Gasteiger charge is -2.04. The lowest BCUT2D eigenvalue weighted by Crippen LogP contribution is -1.85. The van der Waals surface area contributed by atoms with Crippen LogP contribution >= 0.6 is 11.3 Å². The predicted octanol–water partition coefficient (Wildman–Crippen LogP) is 4.82. The third kappa shape index (κ3) is 1.60. The Bertz CT molecular complexity index is 675. The van der Waals surface area contributed by atoms with E-state index < -0.39 is 0 Å². The SMILES string of the molecule is Cc1cc(C)c2[nH]c(-c3cccs3)cc2c1C. The molecule has 1 aromatic carbocycles. The second-order valence-corrected chi connectivity index (χ2v) is 5.53. The van der Waals surface area contributed by atoms with E-state index in [2.05, 4.69) is 55.4 Å².